The Kier molecular flexibility index (Phi) is 6.27. The predicted octanol–water partition coefficient (Wildman–Crippen LogP) is 3.85. The van der Waals surface area contributed by atoms with Gasteiger partial charge in [-0.25, -0.2) is 4.39 Å². The first-order chi connectivity index (χ1) is 10.0. The van der Waals surface area contributed by atoms with Crippen LogP contribution in [0.4, 0.5) is 10.1 Å². The number of ether oxygens (including phenoxy) is 1. The van der Waals surface area contributed by atoms with E-state index in [1.807, 2.05) is 0 Å². The summed E-state index contributed by atoms with van der Waals surface area (Å²) in [6.45, 7) is 2.87. The van der Waals surface area contributed by atoms with E-state index < -0.39 is 11.9 Å². The molecule has 3 nitrogen and oxygen atoms in total. The van der Waals surface area contributed by atoms with E-state index in [1.54, 1.807) is 6.07 Å². The highest BCUT2D eigenvalue weighted by Gasteiger charge is 2.19. The topological polar surface area (TPSA) is 41.5 Å². The van der Waals surface area contributed by atoms with Crippen LogP contribution in [0, 0.1) is 11.7 Å². The number of nitrogens with one attached hydrogen (secondary N) is 1. The van der Waals surface area contributed by atoms with Gasteiger partial charge < -0.3 is 15.2 Å². The van der Waals surface area contributed by atoms with Gasteiger partial charge in [0.1, 0.15) is 5.82 Å². The number of hydrogen-bond donors (Lipinski definition) is 2. The molecular weight excluding hydrogens is 293 g/mol. The van der Waals surface area contributed by atoms with E-state index >= 15 is 0 Å². The fourth-order valence-electron chi connectivity index (χ4n) is 2.59. The summed E-state index contributed by atoms with van der Waals surface area (Å²) in [5.41, 5.74) is 0.561. The molecule has 0 aliphatic heterocycles. The Morgan fingerprint density at radius 3 is 2.71 bits per heavy atom. The van der Waals surface area contributed by atoms with Crippen LogP contribution in [0.15, 0.2) is 18.2 Å². The number of hydrogen-bond acceptors (Lipinski definition) is 3. The molecule has 0 aromatic heterocycles. The zero-order valence-electron chi connectivity index (χ0n) is 12.3. The van der Waals surface area contributed by atoms with E-state index in [9.17, 15) is 9.50 Å². The quantitative estimate of drug-likeness (QED) is 0.838. The number of rotatable bonds is 6. The third-order valence-corrected chi connectivity index (χ3v) is 4.11. The van der Waals surface area contributed by atoms with Crippen LogP contribution >= 0.6 is 11.6 Å². The smallest absolute Gasteiger partial charge is 0.126 e. The maximum Gasteiger partial charge on any atom is 0.126 e. The average Bonchev–Trinajstić information content (AvgIpc) is 2.43. The summed E-state index contributed by atoms with van der Waals surface area (Å²) in [5.74, 6) is 0.390. The first-order valence-electron chi connectivity index (χ1n) is 7.52. The Bertz CT molecular complexity index is 430. The molecule has 21 heavy (non-hydrogen) atoms. The largest absolute Gasteiger partial charge is 0.389 e. The molecule has 2 rings (SSSR count). The molecule has 1 atom stereocenters. The van der Waals surface area contributed by atoms with E-state index in [0.29, 0.717) is 23.9 Å². The summed E-state index contributed by atoms with van der Waals surface area (Å²) in [6.07, 6.45) is 4.18. The third kappa shape index (κ3) is 5.81. The van der Waals surface area contributed by atoms with Crippen molar-refractivity contribution in [3.63, 3.8) is 0 Å². The van der Waals surface area contributed by atoms with Crippen molar-refractivity contribution in [1.82, 2.24) is 0 Å². The fraction of sp³-hybridized carbons (Fsp3) is 0.625. The van der Waals surface area contributed by atoms with Crippen LogP contribution in [0.25, 0.3) is 0 Å². The van der Waals surface area contributed by atoms with E-state index in [4.69, 9.17) is 16.3 Å². The van der Waals surface area contributed by atoms with Gasteiger partial charge in [0.05, 0.1) is 18.8 Å². The molecule has 1 fully saturated rings. The Morgan fingerprint density at radius 2 is 2.05 bits per heavy atom. The molecule has 0 heterocycles. The number of benzene rings is 1. The van der Waals surface area contributed by atoms with E-state index in [2.05, 4.69) is 12.2 Å². The summed E-state index contributed by atoms with van der Waals surface area (Å²) in [7, 11) is 0. The van der Waals surface area contributed by atoms with Gasteiger partial charge in [0.15, 0.2) is 0 Å². The van der Waals surface area contributed by atoms with Gasteiger partial charge in [-0.15, -0.1) is 0 Å². The Morgan fingerprint density at radius 1 is 1.33 bits per heavy atom. The molecule has 1 saturated carbocycles. The molecule has 2 N–H and O–H groups in total. The summed E-state index contributed by atoms with van der Waals surface area (Å²) in [6, 6.07) is 4.22. The second-order valence-corrected chi connectivity index (χ2v) is 6.34. The molecule has 0 saturated heterocycles. The van der Waals surface area contributed by atoms with Crippen LogP contribution in [0.2, 0.25) is 5.02 Å². The lowest BCUT2D eigenvalue weighted by Gasteiger charge is -2.27. The molecule has 0 radical (unpaired) electrons. The van der Waals surface area contributed by atoms with Crippen LogP contribution in [-0.4, -0.2) is 30.5 Å². The standard InChI is InChI=1S/C16H23ClFNO2/c1-11-2-4-16(5-3-11)21-10-15(20)9-19-14-7-12(17)6-13(18)8-14/h6-8,11,15-16,19-20H,2-5,9-10H2,1H3. The normalized spacial score (nSPS) is 23.8. The van der Waals surface area contributed by atoms with E-state index in [1.165, 1.54) is 25.0 Å². The van der Waals surface area contributed by atoms with Crippen molar-refractivity contribution < 1.29 is 14.2 Å². The summed E-state index contributed by atoms with van der Waals surface area (Å²) >= 11 is 5.77. The first kappa shape index (κ1) is 16.5. The monoisotopic (exact) mass is 315 g/mol. The maximum absolute atomic E-state index is 13.2. The van der Waals surface area contributed by atoms with Crippen LogP contribution in [0.1, 0.15) is 32.6 Å². The van der Waals surface area contributed by atoms with Gasteiger partial charge in [-0.2, -0.15) is 0 Å². The first-order valence-corrected chi connectivity index (χ1v) is 7.90. The van der Waals surface area contributed by atoms with Gasteiger partial charge in [-0.1, -0.05) is 18.5 Å². The van der Waals surface area contributed by atoms with Crippen molar-refractivity contribution in [2.24, 2.45) is 5.92 Å². The van der Waals surface area contributed by atoms with Gasteiger partial charge in [0.2, 0.25) is 0 Å². The minimum Gasteiger partial charge on any atom is -0.389 e. The van der Waals surface area contributed by atoms with Crippen LogP contribution < -0.4 is 5.32 Å². The minimum absolute atomic E-state index is 0.263. The lowest BCUT2D eigenvalue weighted by Crippen LogP contribution is -2.29. The molecule has 1 aromatic rings. The Labute approximate surface area is 130 Å². The number of halogens is 2. The molecule has 1 aliphatic carbocycles. The second-order valence-electron chi connectivity index (χ2n) is 5.91. The van der Waals surface area contributed by atoms with Gasteiger partial charge >= 0.3 is 0 Å². The highest BCUT2D eigenvalue weighted by atomic mass is 35.5. The molecule has 0 spiro atoms. The summed E-state index contributed by atoms with van der Waals surface area (Å²) < 4.78 is 18.9. The van der Waals surface area contributed by atoms with E-state index in [-0.39, 0.29) is 6.10 Å². The number of aliphatic hydroxyl groups excluding tert-OH is 1. The Hall–Kier alpha value is -0.840. The zero-order valence-corrected chi connectivity index (χ0v) is 13.1. The molecule has 5 heteroatoms. The van der Waals surface area contributed by atoms with Crippen LogP contribution in [0.3, 0.4) is 0 Å². The fourth-order valence-corrected chi connectivity index (χ4v) is 2.82. The lowest BCUT2D eigenvalue weighted by molar-refractivity contribution is -0.0245. The number of aliphatic hydroxyl groups is 1. The van der Waals surface area contributed by atoms with Crippen molar-refractivity contribution in [1.29, 1.82) is 0 Å². The molecule has 1 unspecified atom stereocenters. The van der Waals surface area contributed by atoms with Crippen molar-refractivity contribution in [2.75, 3.05) is 18.5 Å². The molecule has 0 amide bonds. The van der Waals surface area contributed by atoms with Gasteiger partial charge in [0.25, 0.3) is 0 Å². The third-order valence-electron chi connectivity index (χ3n) is 3.89. The van der Waals surface area contributed by atoms with E-state index in [0.717, 1.165) is 18.8 Å². The van der Waals surface area contributed by atoms with Crippen molar-refractivity contribution in [2.45, 2.75) is 44.8 Å². The highest BCUT2D eigenvalue weighted by molar-refractivity contribution is 6.30. The maximum atomic E-state index is 13.2. The van der Waals surface area contributed by atoms with Gasteiger partial charge in [-0.3, -0.25) is 0 Å². The zero-order chi connectivity index (χ0) is 15.2. The minimum atomic E-state index is -0.619. The van der Waals surface area contributed by atoms with Crippen LogP contribution in [0.5, 0.6) is 0 Å². The SMILES string of the molecule is CC1CCC(OCC(O)CNc2cc(F)cc(Cl)c2)CC1. The lowest BCUT2D eigenvalue weighted by atomic mass is 9.89. The predicted molar refractivity (Wildman–Crippen MR) is 83.3 cm³/mol. The summed E-state index contributed by atoms with van der Waals surface area (Å²) in [4.78, 5) is 0. The van der Waals surface area contributed by atoms with Gasteiger partial charge in [0, 0.05) is 17.3 Å². The molecule has 1 aromatic carbocycles. The summed E-state index contributed by atoms with van der Waals surface area (Å²) in [5, 5.41) is 13.2. The molecule has 1 aliphatic rings. The van der Waals surface area contributed by atoms with Crippen molar-refractivity contribution in [3.05, 3.63) is 29.0 Å². The van der Waals surface area contributed by atoms with Crippen molar-refractivity contribution in [3.8, 4) is 0 Å². The van der Waals surface area contributed by atoms with Crippen LogP contribution in [-0.2, 0) is 4.74 Å². The molecule has 118 valence electrons. The average molecular weight is 316 g/mol. The second kappa shape index (κ2) is 7.97. The molecule has 0 bridgehead atoms. The number of anilines is 1. The van der Waals surface area contributed by atoms with Crippen molar-refractivity contribution >= 4 is 17.3 Å². The molecular formula is C16H23ClFNO2. The Balaban J connectivity index is 1.68. The highest BCUT2D eigenvalue weighted by Crippen LogP contribution is 2.25. The van der Waals surface area contributed by atoms with Gasteiger partial charge in [-0.05, 0) is 49.8 Å².